The van der Waals surface area contributed by atoms with Crippen LogP contribution in [0, 0.1) is 10.1 Å². The molecule has 0 heterocycles. The third kappa shape index (κ3) is 2.43. The number of nitro groups is 1. The van der Waals surface area contributed by atoms with Gasteiger partial charge in [-0.2, -0.15) is 0 Å². The molecule has 16 heavy (non-hydrogen) atoms. The number of hydrogen-bond acceptors (Lipinski definition) is 4. The molecule has 0 spiro atoms. The maximum atomic E-state index is 10.9. The number of benzene rings is 1. The Morgan fingerprint density at radius 3 is 2.31 bits per heavy atom. The highest BCUT2D eigenvalue weighted by Gasteiger charge is 2.29. The second kappa shape index (κ2) is 4.01. The van der Waals surface area contributed by atoms with Crippen LogP contribution in [0.1, 0.15) is 10.4 Å². The van der Waals surface area contributed by atoms with Crippen molar-refractivity contribution in [3.05, 3.63) is 33.9 Å². The molecule has 0 saturated heterocycles. The predicted octanol–water partition coefficient (Wildman–Crippen LogP) is 0.0960. The fraction of sp³-hybridized carbons (Fsp3) is 0. The predicted molar refractivity (Wildman–Crippen MR) is 51.7 cm³/mol. The van der Waals surface area contributed by atoms with Crippen molar-refractivity contribution >= 4 is 24.6 Å². The number of aromatic carboxylic acids is 1. The monoisotopic (exact) mass is 247 g/mol. The second-order valence-corrected chi connectivity index (χ2v) is 4.38. The fourth-order valence-corrected chi connectivity index (χ4v) is 1.76. The smallest absolute Gasteiger partial charge is 0.363 e. The molecule has 1 aromatic rings. The molecule has 9 heteroatoms. The fourth-order valence-electron chi connectivity index (χ4n) is 1.05. The van der Waals surface area contributed by atoms with Crippen molar-refractivity contribution in [3.63, 3.8) is 0 Å². The van der Waals surface area contributed by atoms with Crippen LogP contribution in [0.4, 0.5) is 5.69 Å². The molecule has 0 radical (unpaired) electrons. The molecule has 0 aliphatic rings. The van der Waals surface area contributed by atoms with Crippen molar-refractivity contribution in [2.75, 3.05) is 0 Å². The summed E-state index contributed by atoms with van der Waals surface area (Å²) in [5, 5.41) is 18.3. The Morgan fingerprint density at radius 2 is 1.94 bits per heavy atom. The number of carboxylic acid groups (broad SMARTS) is 1. The number of carboxylic acids is 1. The van der Waals surface area contributed by atoms with Crippen molar-refractivity contribution in [2.24, 2.45) is 0 Å². The summed E-state index contributed by atoms with van der Waals surface area (Å²) in [7, 11) is -4.79. The summed E-state index contributed by atoms with van der Waals surface area (Å²) in [5.74, 6) is -1.42. The molecule has 0 atom stereocenters. The van der Waals surface area contributed by atoms with E-state index in [-0.39, 0.29) is 0 Å². The van der Waals surface area contributed by atoms with E-state index >= 15 is 0 Å². The Hall–Kier alpha value is -1.76. The van der Waals surface area contributed by atoms with Crippen molar-refractivity contribution in [1.82, 2.24) is 0 Å². The van der Waals surface area contributed by atoms with Gasteiger partial charge in [0.05, 0.1) is 10.5 Å². The molecule has 0 bridgehead atoms. The molecule has 1 aromatic carbocycles. The second-order valence-electron chi connectivity index (χ2n) is 2.81. The van der Waals surface area contributed by atoms with Crippen molar-refractivity contribution < 1.29 is 29.2 Å². The first-order chi connectivity index (χ1) is 7.23. The summed E-state index contributed by atoms with van der Waals surface area (Å²) in [4.78, 5) is 37.6. The van der Waals surface area contributed by atoms with Crippen LogP contribution in [-0.4, -0.2) is 25.8 Å². The van der Waals surface area contributed by atoms with E-state index in [0.29, 0.717) is 6.07 Å². The van der Waals surface area contributed by atoms with Gasteiger partial charge in [-0.1, -0.05) is 0 Å². The number of nitro benzene ring substituents is 1. The Balaban J connectivity index is 3.49. The van der Waals surface area contributed by atoms with Crippen molar-refractivity contribution in [1.29, 1.82) is 0 Å². The van der Waals surface area contributed by atoms with Gasteiger partial charge in [-0.05, 0) is 12.1 Å². The highest BCUT2D eigenvalue weighted by atomic mass is 31.2. The van der Waals surface area contributed by atoms with Crippen LogP contribution in [-0.2, 0) is 4.57 Å². The van der Waals surface area contributed by atoms with Crippen LogP contribution < -0.4 is 5.30 Å². The van der Waals surface area contributed by atoms with Gasteiger partial charge in [-0.15, -0.1) is 0 Å². The molecule has 0 fully saturated rings. The average molecular weight is 247 g/mol. The molecule has 3 N–H and O–H groups in total. The quantitative estimate of drug-likeness (QED) is 0.391. The van der Waals surface area contributed by atoms with Crippen LogP contribution in [0.2, 0.25) is 0 Å². The number of nitrogens with zero attached hydrogens (tertiary/aromatic N) is 1. The van der Waals surface area contributed by atoms with E-state index in [1.165, 1.54) is 0 Å². The van der Waals surface area contributed by atoms with Crippen LogP contribution >= 0.6 is 7.60 Å². The van der Waals surface area contributed by atoms with Gasteiger partial charge in [-0.25, -0.2) is 4.79 Å². The highest BCUT2D eigenvalue weighted by molar-refractivity contribution is 7.60. The molecule has 8 nitrogen and oxygen atoms in total. The third-order valence-corrected chi connectivity index (χ3v) is 2.74. The Bertz CT molecular complexity index is 505. The van der Waals surface area contributed by atoms with Gasteiger partial charge in [0.15, 0.2) is 0 Å². The van der Waals surface area contributed by atoms with Gasteiger partial charge in [-0.3, -0.25) is 14.7 Å². The summed E-state index contributed by atoms with van der Waals surface area (Å²) in [5.41, 5.74) is -1.32. The molecule has 86 valence electrons. The van der Waals surface area contributed by atoms with Gasteiger partial charge in [0.25, 0.3) is 5.69 Å². The minimum absolute atomic E-state index is 0.413. The maximum absolute atomic E-state index is 10.9. The number of hydrogen-bond donors (Lipinski definition) is 3. The minimum atomic E-state index is -4.79. The lowest BCUT2D eigenvalue weighted by molar-refractivity contribution is -0.383. The van der Waals surface area contributed by atoms with Gasteiger partial charge >= 0.3 is 13.6 Å². The van der Waals surface area contributed by atoms with Gasteiger partial charge in [0, 0.05) is 6.07 Å². The van der Waals surface area contributed by atoms with Gasteiger partial charge < -0.3 is 14.9 Å². The van der Waals surface area contributed by atoms with E-state index in [4.69, 9.17) is 14.9 Å². The Labute approximate surface area is 88.5 Å². The minimum Gasteiger partial charge on any atom is -0.478 e. The molecule has 0 saturated carbocycles. The standard InChI is InChI=1S/C7H6NO7P/c9-7(10)4-1-2-6(16(13,14)15)5(3-4)8(11)12/h1-3H,(H,9,10)(H2,13,14,15). The first kappa shape index (κ1) is 12.3. The van der Waals surface area contributed by atoms with E-state index in [2.05, 4.69) is 0 Å². The Morgan fingerprint density at radius 1 is 1.38 bits per heavy atom. The zero-order valence-electron chi connectivity index (χ0n) is 7.60. The van der Waals surface area contributed by atoms with Crippen LogP contribution in [0.3, 0.4) is 0 Å². The Kier molecular flexibility index (Phi) is 3.09. The molecule has 1 rings (SSSR count). The molecular weight excluding hydrogens is 241 g/mol. The summed E-state index contributed by atoms with van der Waals surface area (Å²) in [6, 6.07) is 2.24. The van der Waals surface area contributed by atoms with Crippen LogP contribution in [0.25, 0.3) is 0 Å². The highest BCUT2D eigenvalue weighted by Crippen LogP contribution is 2.37. The molecular formula is C7H6NO7P. The van der Waals surface area contributed by atoms with Gasteiger partial charge in [0.1, 0.15) is 5.30 Å². The van der Waals surface area contributed by atoms with Gasteiger partial charge in [0.2, 0.25) is 0 Å². The lowest BCUT2D eigenvalue weighted by atomic mass is 10.2. The zero-order valence-corrected chi connectivity index (χ0v) is 8.50. The third-order valence-electron chi connectivity index (χ3n) is 1.73. The number of carbonyl (C=O) groups is 1. The van der Waals surface area contributed by atoms with E-state index in [1.807, 2.05) is 0 Å². The molecule has 0 aliphatic carbocycles. The van der Waals surface area contributed by atoms with E-state index in [1.54, 1.807) is 0 Å². The first-order valence-electron chi connectivity index (χ1n) is 3.81. The summed E-state index contributed by atoms with van der Waals surface area (Å²) < 4.78 is 10.9. The summed E-state index contributed by atoms with van der Waals surface area (Å²) in [6.45, 7) is 0. The molecule has 0 unspecified atom stereocenters. The van der Waals surface area contributed by atoms with E-state index in [9.17, 15) is 19.5 Å². The van der Waals surface area contributed by atoms with Crippen molar-refractivity contribution in [3.8, 4) is 0 Å². The molecule has 0 aromatic heterocycles. The van der Waals surface area contributed by atoms with Crippen LogP contribution in [0.5, 0.6) is 0 Å². The molecule has 0 aliphatic heterocycles. The normalized spacial score (nSPS) is 11.1. The average Bonchev–Trinajstić information content (AvgIpc) is 2.15. The lowest BCUT2D eigenvalue weighted by Crippen LogP contribution is -2.12. The lowest BCUT2D eigenvalue weighted by Gasteiger charge is -2.05. The van der Waals surface area contributed by atoms with E-state index in [0.717, 1.165) is 12.1 Å². The van der Waals surface area contributed by atoms with Crippen LogP contribution in [0.15, 0.2) is 18.2 Å². The van der Waals surface area contributed by atoms with Crippen molar-refractivity contribution in [2.45, 2.75) is 0 Å². The summed E-state index contributed by atoms with van der Waals surface area (Å²) in [6.07, 6.45) is 0. The maximum Gasteiger partial charge on any atom is 0.363 e. The summed E-state index contributed by atoms with van der Waals surface area (Å²) >= 11 is 0. The topological polar surface area (TPSA) is 138 Å². The SMILES string of the molecule is O=C(O)c1ccc(P(=O)(O)O)c([N+](=O)[O-])c1. The zero-order chi connectivity index (χ0) is 12.5. The molecule has 0 amide bonds. The first-order valence-corrected chi connectivity index (χ1v) is 5.42. The number of rotatable bonds is 3. The van der Waals surface area contributed by atoms with E-state index < -0.39 is 35.0 Å². The largest absolute Gasteiger partial charge is 0.478 e.